The third-order valence-electron chi connectivity index (χ3n) is 4.57. The first-order valence-corrected chi connectivity index (χ1v) is 9.29. The van der Waals surface area contributed by atoms with Gasteiger partial charge in [0.25, 0.3) is 0 Å². The van der Waals surface area contributed by atoms with Crippen LogP contribution in [0.25, 0.3) is 11.3 Å². The molecule has 0 bridgehead atoms. The lowest BCUT2D eigenvalue weighted by molar-refractivity contribution is -0.185. The van der Waals surface area contributed by atoms with E-state index in [1.54, 1.807) is 24.5 Å². The Morgan fingerprint density at radius 2 is 1.70 bits per heavy atom. The summed E-state index contributed by atoms with van der Waals surface area (Å²) in [6.45, 7) is -0.131. The largest absolute Gasteiger partial charge is 0.471 e. The number of amides is 1. The molecule has 0 unspecified atom stereocenters. The number of rotatable bonds is 8. The zero-order valence-electron chi connectivity index (χ0n) is 15.9. The summed E-state index contributed by atoms with van der Waals surface area (Å²) in [6.07, 6.45) is 0.571. The van der Waals surface area contributed by atoms with Crippen LogP contribution in [0.2, 0.25) is 0 Å². The SMILES string of the molecule is O=C(N(CCCc1cnoc1-c1ccc(F)cc1)CCc1ccncc1)C(F)(F)F. The summed E-state index contributed by atoms with van der Waals surface area (Å²) in [4.78, 5) is 16.5. The van der Waals surface area contributed by atoms with Crippen LogP contribution in [0.15, 0.2) is 59.5 Å². The van der Waals surface area contributed by atoms with Crippen molar-refractivity contribution < 1.29 is 26.9 Å². The third-order valence-corrected chi connectivity index (χ3v) is 4.57. The monoisotopic (exact) mass is 421 g/mol. The van der Waals surface area contributed by atoms with E-state index >= 15 is 0 Å². The van der Waals surface area contributed by atoms with Gasteiger partial charge in [0.1, 0.15) is 5.82 Å². The maximum atomic E-state index is 13.1. The molecular formula is C21H19F4N3O2. The van der Waals surface area contributed by atoms with Crippen molar-refractivity contribution in [1.29, 1.82) is 0 Å². The number of benzene rings is 1. The third kappa shape index (κ3) is 5.65. The van der Waals surface area contributed by atoms with Crippen LogP contribution in [0.1, 0.15) is 17.5 Å². The van der Waals surface area contributed by atoms with Crippen molar-refractivity contribution >= 4 is 5.91 Å². The summed E-state index contributed by atoms with van der Waals surface area (Å²) in [5, 5.41) is 3.73. The molecule has 1 aromatic carbocycles. The Morgan fingerprint density at radius 3 is 2.37 bits per heavy atom. The lowest BCUT2D eigenvalue weighted by Gasteiger charge is -2.23. The number of aromatic nitrogens is 2. The predicted octanol–water partition coefficient (Wildman–Crippen LogP) is 4.44. The minimum atomic E-state index is -4.94. The molecule has 0 radical (unpaired) electrons. The van der Waals surface area contributed by atoms with Crippen molar-refractivity contribution in [2.75, 3.05) is 13.1 Å². The number of nitrogens with zero attached hydrogens (tertiary/aromatic N) is 3. The quantitative estimate of drug-likeness (QED) is 0.505. The Bertz CT molecular complexity index is 956. The van der Waals surface area contributed by atoms with E-state index in [1.165, 1.54) is 30.5 Å². The van der Waals surface area contributed by atoms with Crippen LogP contribution in [-0.4, -0.2) is 40.2 Å². The zero-order valence-corrected chi connectivity index (χ0v) is 15.9. The molecule has 9 heteroatoms. The van der Waals surface area contributed by atoms with Crippen LogP contribution < -0.4 is 0 Å². The van der Waals surface area contributed by atoms with E-state index in [0.717, 1.165) is 10.5 Å². The van der Waals surface area contributed by atoms with Gasteiger partial charge in [-0.25, -0.2) is 4.39 Å². The van der Waals surface area contributed by atoms with Crippen molar-refractivity contribution in [3.05, 3.63) is 71.9 Å². The summed E-state index contributed by atoms with van der Waals surface area (Å²) >= 11 is 0. The number of hydrogen-bond donors (Lipinski definition) is 0. The van der Waals surface area contributed by atoms with Crippen molar-refractivity contribution in [3.63, 3.8) is 0 Å². The molecule has 0 atom stereocenters. The van der Waals surface area contributed by atoms with Gasteiger partial charge in [0.15, 0.2) is 5.76 Å². The van der Waals surface area contributed by atoms with Gasteiger partial charge in [-0.15, -0.1) is 0 Å². The maximum absolute atomic E-state index is 13.1. The van der Waals surface area contributed by atoms with E-state index in [4.69, 9.17) is 4.52 Å². The topological polar surface area (TPSA) is 59.2 Å². The fourth-order valence-corrected chi connectivity index (χ4v) is 3.05. The highest BCUT2D eigenvalue weighted by molar-refractivity contribution is 5.81. The van der Waals surface area contributed by atoms with Crippen LogP contribution >= 0.6 is 0 Å². The Kier molecular flexibility index (Phi) is 6.81. The van der Waals surface area contributed by atoms with E-state index in [-0.39, 0.29) is 19.5 Å². The average Bonchev–Trinajstić information content (AvgIpc) is 3.19. The lowest BCUT2D eigenvalue weighted by Crippen LogP contribution is -2.42. The standard InChI is InChI=1S/C21H19F4N3O2/c22-18-5-3-16(4-6-18)19-17(14-27-30-19)2-1-12-28(20(29)21(23,24)25)13-9-15-7-10-26-11-8-15/h3-8,10-11,14H,1-2,9,12-13H2. The first-order chi connectivity index (χ1) is 14.3. The molecule has 30 heavy (non-hydrogen) atoms. The fourth-order valence-electron chi connectivity index (χ4n) is 3.05. The molecule has 5 nitrogen and oxygen atoms in total. The first kappa shape index (κ1) is 21.5. The Hall–Kier alpha value is -3.23. The van der Waals surface area contributed by atoms with Crippen LogP contribution in [0.5, 0.6) is 0 Å². The molecule has 0 saturated heterocycles. The number of alkyl halides is 3. The van der Waals surface area contributed by atoms with E-state index in [9.17, 15) is 22.4 Å². The minimum absolute atomic E-state index is 0.0587. The normalized spacial score (nSPS) is 11.5. The van der Waals surface area contributed by atoms with Crippen LogP contribution in [0, 0.1) is 5.82 Å². The molecule has 158 valence electrons. The second-order valence-corrected chi connectivity index (χ2v) is 6.69. The van der Waals surface area contributed by atoms with Gasteiger partial charge in [0, 0.05) is 36.6 Å². The van der Waals surface area contributed by atoms with E-state index in [1.807, 2.05) is 0 Å². The van der Waals surface area contributed by atoms with Crippen molar-refractivity contribution in [3.8, 4) is 11.3 Å². The number of hydrogen-bond acceptors (Lipinski definition) is 4. The summed E-state index contributed by atoms with van der Waals surface area (Å²) in [5.74, 6) is -1.82. The van der Waals surface area contributed by atoms with Gasteiger partial charge >= 0.3 is 12.1 Å². The first-order valence-electron chi connectivity index (χ1n) is 9.29. The Balaban J connectivity index is 1.64. The maximum Gasteiger partial charge on any atom is 0.471 e. The molecule has 3 rings (SSSR count). The lowest BCUT2D eigenvalue weighted by atomic mass is 10.1. The molecular weight excluding hydrogens is 402 g/mol. The molecule has 2 heterocycles. The Morgan fingerprint density at radius 1 is 1.00 bits per heavy atom. The molecule has 0 N–H and O–H groups in total. The second-order valence-electron chi connectivity index (χ2n) is 6.69. The highest BCUT2D eigenvalue weighted by atomic mass is 19.4. The number of carbonyl (C=O) groups is 1. The Labute approximate surface area is 170 Å². The number of halogens is 4. The number of aryl methyl sites for hydroxylation is 1. The van der Waals surface area contributed by atoms with Gasteiger partial charge in [-0.3, -0.25) is 9.78 Å². The summed E-state index contributed by atoms with van der Waals surface area (Å²) in [7, 11) is 0. The summed E-state index contributed by atoms with van der Waals surface area (Å²) in [6, 6.07) is 9.03. The zero-order chi connectivity index (χ0) is 21.6. The molecule has 3 aromatic rings. The molecule has 0 spiro atoms. The molecule has 0 aliphatic heterocycles. The molecule has 0 saturated carbocycles. The minimum Gasteiger partial charge on any atom is -0.356 e. The molecule has 0 aliphatic carbocycles. The van der Waals surface area contributed by atoms with E-state index in [2.05, 4.69) is 10.1 Å². The van der Waals surface area contributed by atoms with E-state index < -0.39 is 17.9 Å². The van der Waals surface area contributed by atoms with Gasteiger partial charge in [-0.05, 0) is 61.2 Å². The molecule has 1 amide bonds. The van der Waals surface area contributed by atoms with E-state index in [0.29, 0.717) is 29.7 Å². The summed E-state index contributed by atoms with van der Waals surface area (Å²) in [5.41, 5.74) is 2.09. The second kappa shape index (κ2) is 9.51. The van der Waals surface area contributed by atoms with Crippen LogP contribution in [0.4, 0.5) is 17.6 Å². The van der Waals surface area contributed by atoms with Gasteiger partial charge < -0.3 is 9.42 Å². The highest BCUT2D eigenvalue weighted by Crippen LogP contribution is 2.25. The van der Waals surface area contributed by atoms with Gasteiger partial charge in [0.05, 0.1) is 6.20 Å². The van der Waals surface area contributed by atoms with Gasteiger partial charge in [0.2, 0.25) is 0 Å². The smallest absolute Gasteiger partial charge is 0.356 e. The molecule has 2 aromatic heterocycles. The molecule has 0 fully saturated rings. The average molecular weight is 421 g/mol. The van der Waals surface area contributed by atoms with Crippen molar-refractivity contribution in [1.82, 2.24) is 15.0 Å². The fraction of sp³-hybridized carbons (Fsp3) is 0.286. The van der Waals surface area contributed by atoms with Crippen LogP contribution in [0.3, 0.4) is 0 Å². The molecule has 0 aliphatic rings. The van der Waals surface area contributed by atoms with Gasteiger partial charge in [-0.2, -0.15) is 13.2 Å². The highest BCUT2D eigenvalue weighted by Gasteiger charge is 2.42. The van der Waals surface area contributed by atoms with Crippen molar-refractivity contribution in [2.45, 2.75) is 25.4 Å². The van der Waals surface area contributed by atoms with Gasteiger partial charge in [-0.1, -0.05) is 5.16 Å². The van der Waals surface area contributed by atoms with Crippen molar-refractivity contribution in [2.24, 2.45) is 0 Å². The predicted molar refractivity (Wildman–Crippen MR) is 101 cm³/mol. The van der Waals surface area contributed by atoms with Crippen LogP contribution in [-0.2, 0) is 17.6 Å². The number of carbonyl (C=O) groups excluding carboxylic acids is 1. The summed E-state index contributed by atoms with van der Waals surface area (Å²) < 4.78 is 57.3. The number of pyridine rings is 1.